The van der Waals surface area contributed by atoms with Crippen molar-refractivity contribution < 1.29 is 31.9 Å². The molecule has 0 unspecified atom stereocenters. The molecule has 0 atom stereocenters. The number of aryl methyl sites for hydroxylation is 1. The Morgan fingerprint density at radius 1 is 1.29 bits per heavy atom. The summed E-state index contributed by atoms with van der Waals surface area (Å²) in [5.74, 6) is 3.51. The van der Waals surface area contributed by atoms with E-state index in [0.717, 1.165) is 15.3 Å². The van der Waals surface area contributed by atoms with E-state index in [9.17, 15) is 26.7 Å². The van der Waals surface area contributed by atoms with Gasteiger partial charge in [0, 0.05) is 36.7 Å². The van der Waals surface area contributed by atoms with E-state index in [1.165, 1.54) is 15.9 Å². The number of carbonyl (C=O) groups is 1. The molecule has 0 bridgehead atoms. The molecule has 4 N–H and O–H groups in total. The fourth-order valence-corrected chi connectivity index (χ4v) is 3.21. The minimum absolute atomic E-state index is 0.184. The molecule has 0 saturated heterocycles. The highest BCUT2D eigenvalue weighted by Gasteiger charge is 2.38. The van der Waals surface area contributed by atoms with Gasteiger partial charge in [0.25, 0.3) is 6.08 Å². The summed E-state index contributed by atoms with van der Waals surface area (Å²) in [7, 11) is 1.81. The molecule has 15 heteroatoms. The molecule has 3 aromatic rings. The Labute approximate surface area is 192 Å². The van der Waals surface area contributed by atoms with Crippen molar-refractivity contribution in [1.82, 2.24) is 24.5 Å². The molecule has 9 nitrogen and oxygen atoms in total. The Bertz CT molecular complexity index is 1290. The average Bonchev–Trinajstić information content (AvgIpc) is 3.46. The molecule has 0 aliphatic rings. The van der Waals surface area contributed by atoms with Gasteiger partial charge in [0.05, 0.1) is 23.2 Å². The van der Waals surface area contributed by atoms with Gasteiger partial charge < -0.3 is 10.8 Å². The minimum Gasteiger partial charge on any atom is -0.475 e. The molecule has 0 saturated carbocycles. The predicted molar refractivity (Wildman–Crippen MR) is 111 cm³/mol. The van der Waals surface area contributed by atoms with E-state index in [1.54, 1.807) is 10.9 Å². The van der Waals surface area contributed by atoms with Crippen LogP contribution in [0.3, 0.4) is 0 Å². The summed E-state index contributed by atoms with van der Waals surface area (Å²) in [5, 5.41) is 17.3. The highest BCUT2D eigenvalue weighted by molar-refractivity contribution is 7.12. The number of thiophene rings is 1. The van der Waals surface area contributed by atoms with Crippen LogP contribution in [0.25, 0.3) is 0 Å². The quantitative estimate of drug-likeness (QED) is 0.360. The van der Waals surface area contributed by atoms with E-state index in [-0.39, 0.29) is 30.9 Å². The first-order valence-corrected chi connectivity index (χ1v) is 9.99. The molecule has 3 aromatic heterocycles. The maximum absolute atomic E-state index is 12.8. The molecule has 182 valence electrons. The molecule has 0 fully saturated rings. The molecule has 0 aliphatic carbocycles. The highest BCUT2D eigenvalue weighted by atomic mass is 32.1. The monoisotopic (exact) mass is 504 g/mol. The fourth-order valence-electron chi connectivity index (χ4n) is 2.36. The van der Waals surface area contributed by atoms with Crippen molar-refractivity contribution in [1.29, 1.82) is 0 Å². The molecule has 0 aromatic carbocycles. The maximum atomic E-state index is 12.8. The van der Waals surface area contributed by atoms with Gasteiger partial charge in [-0.3, -0.25) is 9.25 Å². The van der Waals surface area contributed by atoms with Crippen molar-refractivity contribution in [2.24, 2.45) is 12.8 Å². The molecule has 0 radical (unpaired) electrons. The third-order valence-corrected chi connectivity index (χ3v) is 4.96. The first kappa shape index (κ1) is 26.5. The normalized spacial score (nSPS) is 10.7. The Hall–Kier alpha value is -3.77. The predicted octanol–water partition coefficient (Wildman–Crippen LogP) is 2.10. The zero-order valence-corrected chi connectivity index (χ0v) is 18.2. The van der Waals surface area contributed by atoms with Crippen LogP contribution >= 0.6 is 11.3 Å². The number of aromatic amines is 1. The fraction of sp³-hybridized carbons (Fsp3) is 0.263. The zero-order valence-electron chi connectivity index (χ0n) is 17.4. The first-order chi connectivity index (χ1) is 15.9. The first-order valence-electron chi connectivity index (χ1n) is 9.17. The lowest BCUT2D eigenvalue weighted by molar-refractivity contribution is -0.192. The van der Waals surface area contributed by atoms with Crippen LogP contribution in [-0.4, -0.2) is 48.3 Å². The second-order valence-corrected chi connectivity index (χ2v) is 7.67. The number of aliphatic carboxylic acids is 1. The van der Waals surface area contributed by atoms with Crippen LogP contribution in [0.15, 0.2) is 41.0 Å². The number of hydrogen-bond donors (Lipinski definition) is 3. The highest BCUT2D eigenvalue weighted by Crippen LogP contribution is 2.18. The molecular formula is C19H17F5N6O3S. The number of nitrogens with two attached hydrogens (primary N) is 1. The summed E-state index contributed by atoms with van der Waals surface area (Å²) in [4.78, 5) is 22.6. The third kappa shape index (κ3) is 7.67. The smallest absolute Gasteiger partial charge is 0.475 e. The second kappa shape index (κ2) is 11.4. The zero-order chi connectivity index (χ0) is 25.5. The third-order valence-electron chi connectivity index (χ3n) is 3.98. The van der Waals surface area contributed by atoms with E-state index in [0.29, 0.717) is 0 Å². The van der Waals surface area contributed by atoms with Gasteiger partial charge in [-0.05, 0) is 12.1 Å². The van der Waals surface area contributed by atoms with Crippen LogP contribution < -0.4 is 11.4 Å². The van der Waals surface area contributed by atoms with E-state index >= 15 is 0 Å². The number of alkyl halides is 3. The number of halogens is 5. The van der Waals surface area contributed by atoms with Crippen molar-refractivity contribution in [3.8, 4) is 11.8 Å². The van der Waals surface area contributed by atoms with Gasteiger partial charge in [0.15, 0.2) is 0 Å². The SMILES string of the molecule is Cn1cc(C#Cc2ccc(Cn3c(CC(CN)=C(F)F)n[nH]c3=O)s2)cn1.O=C(O)C(F)(F)F. The number of hydrogen-bond acceptors (Lipinski definition) is 6. The summed E-state index contributed by atoms with van der Waals surface area (Å²) in [6.45, 7) is -0.0773. The lowest BCUT2D eigenvalue weighted by atomic mass is 10.2. The van der Waals surface area contributed by atoms with Crippen molar-refractivity contribution in [3.05, 3.63) is 67.8 Å². The molecule has 3 rings (SSSR count). The summed E-state index contributed by atoms with van der Waals surface area (Å²) < 4.78 is 60.4. The van der Waals surface area contributed by atoms with Gasteiger partial charge in [0.1, 0.15) is 5.82 Å². The lowest BCUT2D eigenvalue weighted by Gasteiger charge is -2.05. The molecule has 0 amide bonds. The number of aromatic nitrogens is 5. The lowest BCUT2D eigenvalue weighted by Crippen LogP contribution is -2.21. The van der Waals surface area contributed by atoms with Crippen molar-refractivity contribution in [2.75, 3.05) is 6.54 Å². The van der Waals surface area contributed by atoms with Gasteiger partial charge in [-0.1, -0.05) is 11.8 Å². The van der Waals surface area contributed by atoms with Gasteiger partial charge in [-0.15, -0.1) is 11.3 Å². The van der Waals surface area contributed by atoms with Crippen molar-refractivity contribution in [2.45, 2.75) is 19.1 Å². The van der Waals surface area contributed by atoms with Gasteiger partial charge in [-0.25, -0.2) is 14.7 Å². The molecule has 34 heavy (non-hydrogen) atoms. The topological polar surface area (TPSA) is 132 Å². The number of nitrogens with zero attached hydrogens (tertiary/aromatic N) is 4. The summed E-state index contributed by atoms with van der Waals surface area (Å²) in [6, 6.07) is 3.69. The second-order valence-electron chi connectivity index (χ2n) is 6.50. The summed E-state index contributed by atoms with van der Waals surface area (Å²) in [6.07, 6.45) is -3.63. The van der Waals surface area contributed by atoms with Gasteiger partial charge >= 0.3 is 17.8 Å². The Morgan fingerprint density at radius 2 is 1.97 bits per heavy atom. The van der Waals surface area contributed by atoms with Crippen LogP contribution in [0.5, 0.6) is 0 Å². The number of H-pyrrole nitrogens is 1. The van der Waals surface area contributed by atoms with E-state index in [1.807, 2.05) is 25.4 Å². The summed E-state index contributed by atoms with van der Waals surface area (Å²) >= 11 is 1.42. The number of nitrogens with one attached hydrogen (secondary N) is 1. The molecule has 0 aliphatic heterocycles. The number of carboxylic acids is 1. The van der Waals surface area contributed by atoms with E-state index < -0.39 is 23.9 Å². The minimum atomic E-state index is -5.08. The van der Waals surface area contributed by atoms with Crippen LogP contribution in [0.4, 0.5) is 22.0 Å². The van der Waals surface area contributed by atoms with E-state index in [2.05, 4.69) is 27.1 Å². The molecule has 3 heterocycles. The number of rotatable bonds is 5. The van der Waals surface area contributed by atoms with Crippen LogP contribution in [0, 0.1) is 11.8 Å². The van der Waals surface area contributed by atoms with Gasteiger partial charge in [-0.2, -0.15) is 32.1 Å². The summed E-state index contributed by atoms with van der Waals surface area (Å²) in [5.41, 5.74) is 5.43. The number of carboxylic acid groups (broad SMARTS) is 1. The maximum Gasteiger partial charge on any atom is 0.490 e. The Morgan fingerprint density at radius 3 is 2.50 bits per heavy atom. The van der Waals surface area contributed by atoms with Crippen LogP contribution in [0.2, 0.25) is 0 Å². The van der Waals surface area contributed by atoms with Gasteiger partial charge in [0.2, 0.25) is 0 Å². The van der Waals surface area contributed by atoms with E-state index in [4.69, 9.17) is 15.6 Å². The van der Waals surface area contributed by atoms with Crippen molar-refractivity contribution >= 4 is 17.3 Å². The Balaban J connectivity index is 0.000000509. The van der Waals surface area contributed by atoms with Crippen molar-refractivity contribution in [3.63, 3.8) is 0 Å². The van der Waals surface area contributed by atoms with Crippen LogP contribution in [0.1, 0.15) is 21.1 Å². The average molecular weight is 504 g/mol. The largest absolute Gasteiger partial charge is 0.490 e. The molecule has 0 spiro atoms. The van der Waals surface area contributed by atoms with Crippen LogP contribution in [-0.2, 0) is 24.8 Å². The molecular weight excluding hydrogens is 487 g/mol. The standard InChI is InChI=1S/C17H16F2N6OS.C2HF3O2/c1-24-9-11(8-21-24)2-3-13-4-5-14(27-13)10-25-15(22-23-17(25)26)6-12(7-20)16(18)19;3-2(4,5)1(6)7/h4-5,8-9H,6-7,10,20H2,1H3,(H,23,26);(H,6,7). The Kier molecular flexibility index (Phi) is 8.87.